The van der Waals surface area contributed by atoms with Crippen molar-refractivity contribution in [2.24, 2.45) is 5.41 Å². The summed E-state index contributed by atoms with van der Waals surface area (Å²) >= 11 is 0. The van der Waals surface area contributed by atoms with Gasteiger partial charge in [0.05, 0.1) is 0 Å². The number of rotatable bonds is 0. The highest BCUT2D eigenvalue weighted by molar-refractivity contribution is 5.12. The first kappa shape index (κ1) is 10.3. The third-order valence-electron chi connectivity index (χ3n) is 1.48. The van der Waals surface area contributed by atoms with Gasteiger partial charge in [0.15, 0.2) is 0 Å². The lowest BCUT2D eigenvalue weighted by atomic mass is 9.92. The summed E-state index contributed by atoms with van der Waals surface area (Å²) < 4.78 is 0. The molecular formula is C10H19N. The van der Waals surface area contributed by atoms with E-state index in [4.69, 9.17) is 0 Å². The summed E-state index contributed by atoms with van der Waals surface area (Å²) in [7, 11) is 2.03. The molecule has 0 aromatic heterocycles. The highest BCUT2D eigenvalue weighted by Crippen LogP contribution is 2.22. The zero-order chi connectivity index (χ0) is 8.91. The topological polar surface area (TPSA) is 3.24 Å². The fraction of sp³-hybridized carbons (Fsp3) is 0.600. The SMILES string of the molecule is CC.CN1C=CC(C)(C)C=C1. The smallest absolute Gasteiger partial charge is 0.0106 e. The molecule has 0 aromatic carbocycles. The molecule has 0 aromatic rings. The van der Waals surface area contributed by atoms with E-state index in [0.29, 0.717) is 0 Å². The molecule has 0 atom stereocenters. The number of hydrogen-bond donors (Lipinski definition) is 0. The molecule has 0 fully saturated rings. The van der Waals surface area contributed by atoms with Crippen molar-refractivity contribution < 1.29 is 0 Å². The Morgan fingerprint density at radius 1 is 1.00 bits per heavy atom. The summed E-state index contributed by atoms with van der Waals surface area (Å²) in [6.07, 6.45) is 8.54. The molecule has 0 saturated carbocycles. The fourth-order valence-electron chi connectivity index (χ4n) is 0.725. The molecule has 1 aliphatic heterocycles. The molecular weight excluding hydrogens is 134 g/mol. The Morgan fingerprint density at radius 3 is 1.64 bits per heavy atom. The van der Waals surface area contributed by atoms with Gasteiger partial charge in [-0.3, -0.25) is 0 Å². The zero-order valence-corrected chi connectivity index (χ0v) is 8.26. The molecule has 0 radical (unpaired) electrons. The molecule has 0 amide bonds. The van der Waals surface area contributed by atoms with Gasteiger partial charge in [0.25, 0.3) is 0 Å². The minimum atomic E-state index is 0.256. The number of allylic oxidation sites excluding steroid dienone is 2. The predicted octanol–water partition coefficient (Wildman–Crippen LogP) is 3.01. The second-order valence-electron chi connectivity index (χ2n) is 3.12. The second kappa shape index (κ2) is 4.22. The third-order valence-corrected chi connectivity index (χ3v) is 1.48. The van der Waals surface area contributed by atoms with E-state index in [0.717, 1.165) is 0 Å². The first-order chi connectivity index (χ1) is 5.10. The summed E-state index contributed by atoms with van der Waals surface area (Å²) in [5.74, 6) is 0. The van der Waals surface area contributed by atoms with Crippen LogP contribution in [0.2, 0.25) is 0 Å². The molecule has 0 bridgehead atoms. The van der Waals surface area contributed by atoms with Crippen LogP contribution in [-0.2, 0) is 0 Å². The van der Waals surface area contributed by atoms with Gasteiger partial charge in [-0.1, -0.05) is 39.8 Å². The Kier molecular flexibility index (Phi) is 3.94. The average Bonchev–Trinajstić information content (AvgIpc) is 2.00. The molecule has 0 saturated heterocycles. The van der Waals surface area contributed by atoms with Crippen LogP contribution < -0.4 is 0 Å². The first-order valence-corrected chi connectivity index (χ1v) is 4.21. The maximum Gasteiger partial charge on any atom is 0.0106 e. The highest BCUT2D eigenvalue weighted by Gasteiger charge is 2.11. The van der Waals surface area contributed by atoms with Gasteiger partial charge in [-0.2, -0.15) is 0 Å². The molecule has 64 valence electrons. The van der Waals surface area contributed by atoms with Crippen molar-refractivity contribution in [3.05, 3.63) is 24.6 Å². The van der Waals surface area contributed by atoms with E-state index in [-0.39, 0.29) is 5.41 Å². The standard InChI is InChI=1S/C8H13N.C2H6/c1-8(2)4-6-9(3)7-5-8;1-2/h4-7H,1-3H3;1-2H3. The van der Waals surface area contributed by atoms with E-state index in [2.05, 4.69) is 38.4 Å². The van der Waals surface area contributed by atoms with Gasteiger partial charge in [-0.25, -0.2) is 0 Å². The van der Waals surface area contributed by atoms with Crippen molar-refractivity contribution in [2.45, 2.75) is 27.7 Å². The monoisotopic (exact) mass is 153 g/mol. The molecule has 1 nitrogen and oxygen atoms in total. The molecule has 11 heavy (non-hydrogen) atoms. The molecule has 1 heterocycles. The Bertz CT molecular complexity index is 138. The molecule has 0 spiro atoms. The van der Waals surface area contributed by atoms with Crippen LogP contribution in [0.15, 0.2) is 24.6 Å². The minimum Gasteiger partial charge on any atom is -0.358 e. The number of nitrogens with zero attached hydrogens (tertiary/aromatic N) is 1. The second-order valence-corrected chi connectivity index (χ2v) is 3.12. The molecule has 0 aliphatic carbocycles. The van der Waals surface area contributed by atoms with Crippen LogP contribution in [0.25, 0.3) is 0 Å². The quantitative estimate of drug-likeness (QED) is 0.517. The number of hydrogen-bond acceptors (Lipinski definition) is 1. The predicted molar refractivity (Wildman–Crippen MR) is 51.2 cm³/mol. The Labute approximate surface area is 70.4 Å². The first-order valence-electron chi connectivity index (χ1n) is 4.21. The summed E-state index contributed by atoms with van der Waals surface area (Å²) in [6.45, 7) is 8.38. The van der Waals surface area contributed by atoms with Crippen LogP contribution in [-0.4, -0.2) is 11.9 Å². The maximum atomic E-state index is 2.19. The van der Waals surface area contributed by atoms with Gasteiger partial charge in [0.2, 0.25) is 0 Å². The summed E-state index contributed by atoms with van der Waals surface area (Å²) in [4.78, 5) is 2.05. The molecule has 1 aliphatic rings. The summed E-state index contributed by atoms with van der Waals surface area (Å²) in [6, 6.07) is 0. The van der Waals surface area contributed by atoms with Crippen LogP contribution in [0, 0.1) is 5.41 Å². The maximum absolute atomic E-state index is 2.19. The van der Waals surface area contributed by atoms with Crippen LogP contribution in [0.3, 0.4) is 0 Å². The van der Waals surface area contributed by atoms with Crippen molar-refractivity contribution in [1.82, 2.24) is 4.90 Å². The van der Waals surface area contributed by atoms with Gasteiger partial charge < -0.3 is 4.90 Å². The van der Waals surface area contributed by atoms with Crippen molar-refractivity contribution in [3.8, 4) is 0 Å². The minimum absolute atomic E-state index is 0.256. The van der Waals surface area contributed by atoms with E-state index in [9.17, 15) is 0 Å². The van der Waals surface area contributed by atoms with Gasteiger partial charge in [0.1, 0.15) is 0 Å². The van der Waals surface area contributed by atoms with Gasteiger partial charge in [-0.15, -0.1) is 0 Å². The van der Waals surface area contributed by atoms with Crippen molar-refractivity contribution in [2.75, 3.05) is 7.05 Å². The van der Waals surface area contributed by atoms with E-state index >= 15 is 0 Å². The van der Waals surface area contributed by atoms with Gasteiger partial charge in [-0.05, 0) is 12.4 Å². The zero-order valence-electron chi connectivity index (χ0n) is 8.26. The van der Waals surface area contributed by atoms with Crippen LogP contribution >= 0.6 is 0 Å². The summed E-state index contributed by atoms with van der Waals surface area (Å²) in [5.41, 5.74) is 0.256. The highest BCUT2D eigenvalue weighted by atomic mass is 15.0. The van der Waals surface area contributed by atoms with Gasteiger partial charge >= 0.3 is 0 Å². The fourth-order valence-corrected chi connectivity index (χ4v) is 0.725. The Balaban J connectivity index is 0.000000461. The largest absolute Gasteiger partial charge is 0.358 e. The van der Waals surface area contributed by atoms with Crippen LogP contribution in [0.4, 0.5) is 0 Å². The van der Waals surface area contributed by atoms with E-state index < -0.39 is 0 Å². The lowest BCUT2D eigenvalue weighted by Gasteiger charge is -2.22. The molecule has 0 unspecified atom stereocenters. The molecule has 1 heteroatoms. The van der Waals surface area contributed by atoms with Crippen molar-refractivity contribution >= 4 is 0 Å². The Morgan fingerprint density at radius 2 is 1.36 bits per heavy atom. The lowest BCUT2D eigenvalue weighted by molar-refractivity contribution is 0.528. The van der Waals surface area contributed by atoms with Crippen LogP contribution in [0.1, 0.15) is 27.7 Å². The average molecular weight is 153 g/mol. The van der Waals surface area contributed by atoms with E-state index in [1.165, 1.54) is 0 Å². The Hall–Kier alpha value is -0.720. The molecule has 0 N–H and O–H groups in total. The van der Waals surface area contributed by atoms with Crippen LogP contribution in [0.5, 0.6) is 0 Å². The normalized spacial score (nSPS) is 19.2. The van der Waals surface area contributed by atoms with Crippen molar-refractivity contribution in [1.29, 1.82) is 0 Å². The molecule has 1 rings (SSSR count). The third kappa shape index (κ3) is 3.87. The van der Waals surface area contributed by atoms with E-state index in [1.807, 2.05) is 25.8 Å². The van der Waals surface area contributed by atoms with Crippen molar-refractivity contribution in [3.63, 3.8) is 0 Å². The lowest BCUT2D eigenvalue weighted by Crippen LogP contribution is -2.13. The summed E-state index contributed by atoms with van der Waals surface area (Å²) in [5, 5.41) is 0. The van der Waals surface area contributed by atoms with E-state index in [1.54, 1.807) is 0 Å². The van der Waals surface area contributed by atoms with Gasteiger partial charge in [0, 0.05) is 12.5 Å².